The lowest BCUT2D eigenvalue weighted by Gasteiger charge is -2.55. The number of phenolic OH excluding ortho intramolecular Hbond substituents is 5. The van der Waals surface area contributed by atoms with Crippen molar-refractivity contribution in [2.75, 3.05) is 0 Å². The molecule has 4 atom stereocenters. The Morgan fingerprint density at radius 2 is 1.62 bits per heavy atom. The summed E-state index contributed by atoms with van der Waals surface area (Å²) in [6, 6.07) is 18.5. The van der Waals surface area contributed by atoms with Gasteiger partial charge in [-0.1, -0.05) is 29.4 Å². The van der Waals surface area contributed by atoms with Crippen LogP contribution in [0.4, 0.5) is 0 Å². The van der Waals surface area contributed by atoms with Crippen LogP contribution in [0.3, 0.4) is 0 Å². The zero-order valence-corrected chi connectivity index (χ0v) is 26.8. The highest BCUT2D eigenvalue weighted by molar-refractivity contribution is 5.84. The van der Waals surface area contributed by atoms with E-state index in [9.17, 15) is 25.5 Å². The maximum Gasteiger partial charge on any atom is 0.285 e. The van der Waals surface area contributed by atoms with E-state index in [4.69, 9.17) is 13.9 Å². The van der Waals surface area contributed by atoms with Crippen molar-refractivity contribution in [2.45, 2.75) is 57.7 Å². The molecule has 0 saturated heterocycles. The Hall–Kier alpha value is -5.50. The van der Waals surface area contributed by atoms with Crippen molar-refractivity contribution in [3.63, 3.8) is 0 Å². The van der Waals surface area contributed by atoms with Crippen LogP contribution in [-0.2, 0) is 12.2 Å². The summed E-state index contributed by atoms with van der Waals surface area (Å²) < 4.78 is 20.0. The Morgan fingerprint density at radius 1 is 0.854 bits per heavy atom. The van der Waals surface area contributed by atoms with Crippen molar-refractivity contribution in [3.05, 3.63) is 112 Å². The van der Waals surface area contributed by atoms with Crippen LogP contribution in [0.25, 0.3) is 22.3 Å². The summed E-state index contributed by atoms with van der Waals surface area (Å²) in [5, 5.41) is 56.0. The van der Waals surface area contributed by atoms with Crippen LogP contribution in [0.2, 0.25) is 0 Å². The first-order valence-electron chi connectivity index (χ1n) is 16.2. The number of furan rings is 1. The van der Waals surface area contributed by atoms with Crippen molar-refractivity contribution in [2.24, 2.45) is 5.92 Å². The first kappa shape index (κ1) is 29.9. The monoisotopic (exact) mass is 644 g/mol. The van der Waals surface area contributed by atoms with E-state index in [1.54, 1.807) is 48.5 Å². The average molecular weight is 645 g/mol. The van der Waals surface area contributed by atoms with Gasteiger partial charge < -0.3 is 39.4 Å². The number of fused-ring (bicyclic) bond motifs is 5. The summed E-state index contributed by atoms with van der Waals surface area (Å²) in [5.74, 6) is -1.31. The van der Waals surface area contributed by atoms with Crippen molar-refractivity contribution in [1.29, 1.82) is 0 Å². The van der Waals surface area contributed by atoms with Crippen LogP contribution < -0.4 is 9.47 Å². The van der Waals surface area contributed by atoms with Crippen LogP contribution >= 0.6 is 0 Å². The minimum Gasteiger partial charge on any atom is -0.508 e. The molecule has 5 aromatic rings. The minimum atomic E-state index is -1.60. The molecule has 0 saturated carbocycles. The van der Waals surface area contributed by atoms with Gasteiger partial charge in [-0.25, -0.2) is 0 Å². The lowest BCUT2D eigenvalue weighted by atomic mass is 9.61. The highest BCUT2D eigenvalue weighted by Crippen LogP contribution is 2.65. The van der Waals surface area contributed by atoms with Crippen molar-refractivity contribution in [1.82, 2.24) is 0 Å². The second-order valence-corrected chi connectivity index (χ2v) is 13.5. The van der Waals surface area contributed by atoms with Crippen molar-refractivity contribution >= 4 is 11.0 Å². The lowest BCUT2D eigenvalue weighted by Crippen LogP contribution is -2.56. The predicted octanol–water partition coefficient (Wildman–Crippen LogP) is 9.00. The summed E-state index contributed by atoms with van der Waals surface area (Å²) >= 11 is 0. The molecule has 5 N–H and O–H groups in total. The molecule has 0 unspecified atom stereocenters. The predicted molar refractivity (Wildman–Crippen MR) is 181 cm³/mol. The van der Waals surface area contributed by atoms with Gasteiger partial charge in [0.05, 0.1) is 11.5 Å². The van der Waals surface area contributed by atoms with Gasteiger partial charge in [-0.3, -0.25) is 0 Å². The molecule has 1 aliphatic carbocycles. The van der Waals surface area contributed by atoms with Gasteiger partial charge in [0.25, 0.3) is 5.79 Å². The number of hydrogen-bond acceptors (Lipinski definition) is 8. The van der Waals surface area contributed by atoms with Gasteiger partial charge in [0, 0.05) is 46.0 Å². The molecule has 244 valence electrons. The van der Waals surface area contributed by atoms with E-state index in [1.165, 1.54) is 6.07 Å². The molecule has 8 rings (SSSR count). The third-order valence-corrected chi connectivity index (χ3v) is 10.0. The molecule has 48 heavy (non-hydrogen) atoms. The van der Waals surface area contributed by atoms with Crippen LogP contribution in [-0.4, -0.2) is 25.5 Å². The normalized spacial score (nSPS) is 22.1. The smallest absolute Gasteiger partial charge is 0.285 e. The number of ether oxygens (including phenoxy) is 2. The Labute approximate surface area is 277 Å². The van der Waals surface area contributed by atoms with Crippen LogP contribution in [0.5, 0.6) is 40.2 Å². The van der Waals surface area contributed by atoms with E-state index in [1.807, 2.05) is 26.0 Å². The lowest BCUT2D eigenvalue weighted by molar-refractivity contribution is -0.198. The molecule has 0 spiro atoms. The molecular weight excluding hydrogens is 608 g/mol. The summed E-state index contributed by atoms with van der Waals surface area (Å²) in [7, 11) is 0. The van der Waals surface area contributed by atoms with Crippen LogP contribution in [0.1, 0.15) is 67.7 Å². The van der Waals surface area contributed by atoms with Gasteiger partial charge in [0.15, 0.2) is 0 Å². The van der Waals surface area contributed by atoms with Crippen molar-refractivity contribution in [3.8, 4) is 51.6 Å². The van der Waals surface area contributed by atoms with Gasteiger partial charge in [-0.15, -0.1) is 0 Å². The van der Waals surface area contributed by atoms with E-state index in [0.29, 0.717) is 64.4 Å². The summed E-state index contributed by atoms with van der Waals surface area (Å²) in [6.45, 7) is 6.07. The first-order chi connectivity index (χ1) is 23.0. The molecular formula is C40H36O8. The van der Waals surface area contributed by atoms with E-state index in [-0.39, 0.29) is 40.6 Å². The molecule has 3 aliphatic rings. The maximum absolute atomic E-state index is 12.0. The van der Waals surface area contributed by atoms with Gasteiger partial charge in [-0.2, -0.15) is 0 Å². The second kappa shape index (κ2) is 10.8. The Bertz CT molecular complexity index is 2190. The molecule has 1 aromatic heterocycles. The molecule has 0 amide bonds. The fourth-order valence-corrected chi connectivity index (χ4v) is 7.96. The molecule has 0 radical (unpaired) electrons. The molecule has 8 nitrogen and oxygen atoms in total. The number of benzene rings is 4. The van der Waals surface area contributed by atoms with Gasteiger partial charge in [0.1, 0.15) is 51.6 Å². The van der Waals surface area contributed by atoms with E-state index in [0.717, 1.165) is 22.1 Å². The zero-order chi connectivity index (χ0) is 33.5. The Morgan fingerprint density at radius 3 is 2.44 bits per heavy atom. The van der Waals surface area contributed by atoms with E-state index < -0.39 is 11.7 Å². The first-order valence-corrected chi connectivity index (χ1v) is 16.2. The highest BCUT2D eigenvalue weighted by Gasteiger charge is 2.62. The standard InChI is InChI=1S/C40H36O8/c1-20(2)5-4-6-27-31(43)12-11-30(39(27)45)40-38-28(26-10-9-25(42)19-35(26)47-40)13-21(3)14-29(38)37-32(44)15-23(17-36(37)48-40)33-16-22-7-8-24(41)18-34(22)46-33/h5,7-12,14-19,28-29,38,41-45H,4,6,13H2,1-3H3/t28-,29+,38-,40-/m1/s1. The number of rotatable bonds is 5. The molecule has 0 fully saturated rings. The van der Waals surface area contributed by atoms with Gasteiger partial charge in [0.2, 0.25) is 0 Å². The van der Waals surface area contributed by atoms with Gasteiger partial charge in [-0.05, 0) is 94.1 Å². The average Bonchev–Trinajstić information content (AvgIpc) is 3.45. The summed E-state index contributed by atoms with van der Waals surface area (Å²) in [5.41, 5.74) is 5.55. The molecule has 4 aromatic carbocycles. The fourth-order valence-electron chi connectivity index (χ4n) is 7.96. The molecule has 3 heterocycles. The maximum atomic E-state index is 12.0. The quantitative estimate of drug-likeness (QED) is 0.120. The minimum absolute atomic E-state index is 0.0248. The topological polar surface area (TPSA) is 133 Å². The summed E-state index contributed by atoms with van der Waals surface area (Å²) in [6.07, 6.45) is 5.88. The Kier molecular flexibility index (Phi) is 6.70. The number of aromatic hydroxyl groups is 5. The molecule has 2 aliphatic heterocycles. The van der Waals surface area contributed by atoms with E-state index >= 15 is 0 Å². The molecule has 0 bridgehead atoms. The number of hydrogen-bond donors (Lipinski definition) is 5. The largest absolute Gasteiger partial charge is 0.508 e. The SMILES string of the molecule is CC(C)=CCCc1c(O)ccc([C@@]23Oc4cc(O)ccc4[C@H]4CC(C)=C[C@@H](c5c(O)cc(-c6cc7ccc(O)cc7o6)cc5O2)[C@@H]43)c1O. The summed E-state index contributed by atoms with van der Waals surface area (Å²) in [4.78, 5) is 0. The molecule has 8 heteroatoms. The second-order valence-electron chi connectivity index (χ2n) is 13.5. The van der Waals surface area contributed by atoms with Crippen molar-refractivity contribution < 1.29 is 39.4 Å². The third-order valence-electron chi connectivity index (χ3n) is 10.0. The van der Waals surface area contributed by atoms with Crippen LogP contribution in [0.15, 0.2) is 94.4 Å². The third kappa shape index (κ3) is 4.58. The van der Waals surface area contributed by atoms with E-state index in [2.05, 4.69) is 19.1 Å². The highest BCUT2D eigenvalue weighted by atomic mass is 16.7. The zero-order valence-electron chi connectivity index (χ0n) is 26.8. The Balaban J connectivity index is 1.36. The number of phenols is 5. The fraction of sp³-hybridized carbons (Fsp3) is 0.250. The van der Waals surface area contributed by atoms with Crippen LogP contribution in [0, 0.1) is 5.92 Å². The van der Waals surface area contributed by atoms with Gasteiger partial charge >= 0.3 is 0 Å². The number of allylic oxidation sites excluding steroid dienone is 4.